The lowest BCUT2D eigenvalue weighted by Crippen LogP contribution is -2.02. The number of fused-ring (bicyclic) bond motifs is 2. The van der Waals surface area contributed by atoms with Gasteiger partial charge in [0.15, 0.2) is 0 Å². The topological polar surface area (TPSA) is 35.6 Å². The lowest BCUT2D eigenvalue weighted by Gasteiger charge is -2.10. The highest BCUT2D eigenvalue weighted by Crippen LogP contribution is 2.33. The Labute approximate surface area is 185 Å². The Bertz CT molecular complexity index is 1330. The first-order valence-corrected chi connectivity index (χ1v) is 11.0. The number of imidazole rings is 2. The molecule has 4 nitrogen and oxygen atoms in total. The Morgan fingerprint density at radius 1 is 0.656 bits per heavy atom. The normalized spacial score (nSPS) is 11.6. The Balaban J connectivity index is 1.79. The molecule has 5 aromatic rings. The maximum Gasteiger partial charge on any atom is 0.144 e. The summed E-state index contributed by atoms with van der Waals surface area (Å²) in [4.78, 5) is 9.57. The van der Waals surface area contributed by atoms with Crippen LogP contribution in [0.2, 0.25) is 0 Å². The second-order valence-electron chi connectivity index (χ2n) is 7.96. The minimum absolute atomic E-state index is 0.292. The van der Waals surface area contributed by atoms with Gasteiger partial charge in [0.25, 0.3) is 0 Å². The number of nitrogens with zero attached hydrogens (tertiary/aromatic N) is 4. The fourth-order valence-corrected chi connectivity index (χ4v) is 4.34. The minimum Gasteiger partial charge on any atom is -0.324 e. The molecule has 0 radical (unpaired) electrons. The van der Waals surface area contributed by atoms with Crippen LogP contribution in [0.5, 0.6) is 0 Å². The van der Waals surface area contributed by atoms with Crippen molar-refractivity contribution < 1.29 is 8.78 Å². The summed E-state index contributed by atoms with van der Waals surface area (Å²) in [5, 5.41) is 0. The van der Waals surface area contributed by atoms with Crippen LogP contribution >= 0.6 is 0 Å². The molecule has 0 N–H and O–H groups in total. The number of aromatic nitrogens is 4. The molecule has 0 unspecified atom stereocenters. The molecule has 0 aliphatic heterocycles. The highest BCUT2D eigenvalue weighted by Gasteiger charge is 2.20. The third-order valence-corrected chi connectivity index (χ3v) is 5.74. The molecular formula is C26H24F2N4. The third kappa shape index (κ3) is 3.27. The largest absolute Gasteiger partial charge is 0.324 e. The van der Waals surface area contributed by atoms with Crippen LogP contribution in [0.25, 0.3) is 44.8 Å². The molecule has 0 atom stereocenters. The fourth-order valence-electron chi connectivity index (χ4n) is 4.34. The van der Waals surface area contributed by atoms with Gasteiger partial charge in [-0.25, -0.2) is 18.7 Å². The van der Waals surface area contributed by atoms with Gasteiger partial charge in [0.2, 0.25) is 0 Å². The molecule has 0 bridgehead atoms. The van der Waals surface area contributed by atoms with Crippen molar-refractivity contribution in [1.82, 2.24) is 19.1 Å². The number of halogens is 2. The zero-order valence-corrected chi connectivity index (χ0v) is 18.1. The Morgan fingerprint density at radius 3 is 1.50 bits per heavy atom. The summed E-state index contributed by atoms with van der Waals surface area (Å²) in [6, 6.07) is 17.4. The lowest BCUT2D eigenvalue weighted by molar-refractivity contribution is 0.625. The van der Waals surface area contributed by atoms with E-state index in [2.05, 4.69) is 29.0 Å². The summed E-state index contributed by atoms with van der Waals surface area (Å²) in [7, 11) is 0. The van der Waals surface area contributed by atoms with Gasteiger partial charge in [-0.3, -0.25) is 0 Å². The van der Waals surface area contributed by atoms with Crippen LogP contribution in [0, 0.1) is 11.6 Å². The molecule has 2 aromatic heterocycles. The van der Waals surface area contributed by atoms with Crippen molar-refractivity contribution >= 4 is 22.1 Å². The van der Waals surface area contributed by atoms with Crippen LogP contribution in [0.1, 0.15) is 26.7 Å². The van der Waals surface area contributed by atoms with Gasteiger partial charge in [-0.1, -0.05) is 38.1 Å². The van der Waals surface area contributed by atoms with Crippen LogP contribution in [-0.4, -0.2) is 19.1 Å². The Hall–Kier alpha value is -3.54. The van der Waals surface area contributed by atoms with Crippen LogP contribution in [0.3, 0.4) is 0 Å². The van der Waals surface area contributed by atoms with Gasteiger partial charge < -0.3 is 9.13 Å². The number of aryl methyl sites for hydroxylation is 2. The van der Waals surface area contributed by atoms with Crippen molar-refractivity contribution in [3.8, 4) is 22.8 Å². The second-order valence-corrected chi connectivity index (χ2v) is 7.96. The van der Waals surface area contributed by atoms with E-state index in [1.165, 1.54) is 12.1 Å². The molecule has 0 aliphatic rings. The summed E-state index contributed by atoms with van der Waals surface area (Å²) in [6.07, 6.45) is 1.78. The average molecular weight is 431 g/mol. The number of hydrogen-bond donors (Lipinski definition) is 0. The summed E-state index contributed by atoms with van der Waals surface area (Å²) in [5.41, 5.74) is 4.33. The van der Waals surface area contributed by atoms with Gasteiger partial charge in [0.05, 0.1) is 33.2 Å². The molecule has 0 fully saturated rings. The van der Waals surface area contributed by atoms with E-state index in [0.717, 1.165) is 34.9 Å². The van der Waals surface area contributed by atoms with Crippen molar-refractivity contribution in [3.05, 3.63) is 72.3 Å². The first-order valence-electron chi connectivity index (χ1n) is 11.0. The van der Waals surface area contributed by atoms with Gasteiger partial charge in [0, 0.05) is 13.1 Å². The number of hydrogen-bond acceptors (Lipinski definition) is 2. The van der Waals surface area contributed by atoms with Crippen molar-refractivity contribution in [3.63, 3.8) is 0 Å². The molecule has 162 valence electrons. The van der Waals surface area contributed by atoms with Crippen molar-refractivity contribution in [2.45, 2.75) is 39.8 Å². The molecule has 0 saturated heterocycles. The highest BCUT2D eigenvalue weighted by molar-refractivity contribution is 5.95. The summed E-state index contributed by atoms with van der Waals surface area (Å²) in [6.45, 7) is 5.61. The van der Waals surface area contributed by atoms with E-state index < -0.39 is 0 Å². The van der Waals surface area contributed by atoms with Crippen LogP contribution in [-0.2, 0) is 13.1 Å². The van der Waals surface area contributed by atoms with Gasteiger partial charge >= 0.3 is 0 Å². The lowest BCUT2D eigenvalue weighted by atomic mass is 10.2. The minimum atomic E-state index is -0.292. The Morgan fingerprint density at radius 2 is 1.09 bits per heavy atom. The van der Waals surface area contributed by atoms with E-state index in [9.17, 15) is 8.78 Å². The predicted molar refractivity (Wildman–Crippen MR) is 124 cm³/mol. The highest BCUT2D eigenvalue weighted by atomic mass is 19.1. The first-order chi connectivity index (χ1) is 15.6. The van der Waals surface area contributed by atoms with Crippen molar-refractivity contribution in [2.24, 2.45) is 0 Å². The molecule has 32 heavy (non-hydrogen) atoms. The summed E-state index contributed by atoms with van der Waals surface area (Å²) < 4.78 is 33.3. The van der Waals surface area contributed by atoms with E-state index in [-0.39, 0.29) is 11.6 Å². The zero-order valence-electron chi connectivity index (χ0n) is 18.1. The van der Waals surface area contributed by atoms with E-state index >= 15 is 0 Å². The molecule has 3 aromatic carbocycles. The maximum absolute atomic E-state index is 14.6. The van der Waals surface area contributed by atoms with Gasteiger partial charge in [-0.2, -0.15) is 0 Å². The van der Waals surface area contributed by atoms with Gasteiger partial charge in [-0.15, -0.1) is 0 Å². The smallest absolute Gasteiger partial charge is 0.144 e. The van der Waals surface area contributed by atoms with Crippen LogP contribution in [0.4, 0.5) is 8.78 Å². The van der Waals surface area contributed by atoms with E-state index in [4.69, 9.17) is 9.97 Å². The standard InChI is InChI=1S/C26H24F2N4/c1-3-13-31-23-16-24-22(15-21(23)29-25(31)17-9-5-7-11-19(17)27)30-26(32(24)14-4-2)18-10-6-8-12-20(18)28/h5-12,15-16H,3-4,13-14H2,1-2H3. The molecule has 5 rings (SSSR count). The average Bonchev–Trinajstić information content (AvgIpc) is 3.31. The van der Waals surface area contributed by atoms with Crippen LogP contribution < -0.4 is 0 Å². The Kier molecular flexibility index (Phi) is 5.21. The third-order valence-electron chi connectivity index (χ3n) is 5.74. The van der Waals surface area contributed by atoms with Gasteiger partial charge in [0.1, 0.15) is 23.3 Å². The van der Waals surface area contributed by atoms with E-state index in [1.807, 2.05) is 18.2 Å². The molecule has 0 saturated carbocycles. The predicted octanol–water partition coefficient (Wildman–Crippen LogP) is 6.82. The molecular weight excluding hydrogens is 406 g/mol. The fraction of sp³-hybridized carbons (Fsp3) is 0.231. The van der Waals surface area contributed by atoms with Crippen molar-refractivity contribution in [1.29, 1.82) is 0 Å². The maximum atomic E-state index is 14.6. The molecule has 2 heterocycles. The molecule has 0 spiro atoms. The number of rotatable bonds is 6. The van der Waals surface area contributed by atoms with E-state index in [1.54, 1.807) is 24.3 Å². The van der Waals surface area contributed by atoms with Gasteiger partial charge in [-0.05, 0) is 49.2 Å². The van der Waals surface area contributed by atoms with Crippen LogP contribution in [0.15, 0.2) is 60.7 Å². The molecule has 0 aliphatic carbocycles. The second kappa shape index (κ2) is 8.19. The molecule has 6 heteroatoms. The SMILES string of the molecule is CCCn1c(-c2ccccc2F)nc2cc3nc(-c4ccccc4F)n(CCC)c3cc21. The monoisotopic (exact) mass is 430 g/mol. The quantitative estimate of drug-likeness (QED) is 0.296. The van der Waals surface area contributed by atoms with E-state index in [0.29, 0.717) is 35.9 Å². The number of benzene rings is 3. The first kappa shape index (κ1) is 20.4. The van der Waals surface area contributed by atoms with Crippen molar-refractivity contribution in [2.75, 3.05) is 0 Å². The summed E-state index contributed by atoms with van der Waals surface area (Å²) >= 11 is 0. The zero-order chi connectivity index (χ0) is 22.2. The summed E-state index contributed by atoms with van der Waals surface area (Å²) in [5.74, 6) is 0.647. The molecule has 0 amide bonds.